The van der Waals surface area contributed by atoms with Gasteiger partial charge in [0.25, 0.3) is 0 Å². The van der Waals surface area contributed by atoms with Crippen LogP contribution in [0.15, 0.2) is 36.4 Å². The second kappa shape index (κ2) is 5.04. The number of rotatable bonds is 3. The second-order valence-corrected chi connectivity index (χ2v) is 4.29. The zero-order valence-corrected chi connectivity index (χ0v) is 10.6. The highest BCUT2D eigenvalue weighted by atomic mass is 19.4. The standard InChI is InChI=1S/C13H9F3N4O/c14-13(15,16)7-21-9-3-1-2-8(6-9)10-4-5-11-12(17-10)19-20-18-11/h1-6H,7H2,(H,17,18,19,20). The zero-order valence-electron chi connectivity index (χ0n) is 10.6. The van der Waals surface area contributed by atoms with E-state index in [0.29, 0.717) is 22.4 Å². The highest BCUT2D eigenvalue weighted by Crippen LogP contribution is 2.25. The van der Waals surface area contributed by atoms with Gasteiger partial charge in [-0.15, -0.1) is 5.10 Å². The topological polar surface area (TPSA) is 63.7 Å². The smallest absolute Gasteiger partial charge is 0.422 e. The number of hydrogen-bond donors (Lipinski definition) is 1. The van der Waals surface area contributed by atoms with E-state index < -0.39 is 12.8 Å². The van der Waals surface area contributed by atoms with Gasteiger partial charge >= 0.3 is 6.18 Å². The maximum atomic E-state index is 12.1. The number of benzene rings is 1. The minimum atomic E-state index is -4.37. The molecule has 0 bridgehead atoms. The summed E-state index contributed by atoms with van der Waals surface area (Å²) >= 11 is 0. The summed E-state index contributed by atoms with van der Waals surface area (Å²) in [6.07, 6.45) is -4.37. The first-order valence-electron chi connectivity index (χ1n) is 5.99. The average molecular weight is 294 g/mol. The lowest BCUT2D eigenvalue weighted by Gasteiger charge is -2.10. The van der Waals surface area contributed by atoms with Crippen molar-refractivity contribution < 1.29 is 17.9 Å². The first-order chi connectivity index (χ1) is 10.0. The van der Waals surface area contributed by atoms with E-state index >= 15 is 0 Å². The summed E-state index contributed by atoms with van der Waals surface area (Å²) in [5.41, 5.74) is 2.27. The molecule has 0 aliphatic carbocycles. The van der Waals surface area contributed by atoms with Crippen LogP contribution in [0.1, 0.15) is 0 Å². The van der Waals surface area contributed by atoms with Crippen molar-refractivity contribution in [1.82, 2.24) is 20.4 Å². The number of alkyl halides is 3. The molecular formula is C13H9F3N4O. The normalized spacial score (nSPS) is 11.8. The fraction of sp³-hybridized carbons (Fsp3) is 0.154. The number of ether oxygens (including phenoxy) is 1. The van der Waals surface area contributed by atoms with Crippen LogP contribution in [0.4, 0.5) is 13.2 Å². The van der Waals surface area contributed by atoms with Crippen molar-refractivity contribution in [3.05, 3.63) is 36.4 Å². The van der Waals surface area contributed by atoms with Crippen LogP contribution in [-0.4, -0.2) is 33.2 Å². The summed E-state index contributed by atoms with van der Waals surface area (Å²) in [4.78, 5) is 4.27. The fourth-order valence-electron chi connectivity index (χ4n) is 1.81. The summed E-state index contributed by atoms with van der Waals surface area (Å²) < 4.78 is 41.2. The molecule has 0 aliphatic rings. The Balaban J connectivity index is 1.88. The molecule has 3 rings (SSSR count). The first kappa shape index (κ1) is 13.3. The van der Waals surface area contributed by atoms with Crippen LogP contribution in [0.25, 0.3) is 22.4 Å². The van der Waals surface area contributed by atoms with E-state index in [-0.39, 0.29) is 5.75 Å². The van der Waals surface area contributed by atoms with Crippen molar-refractivity contribution in [2.75, 3.05) is 6.61 Å². The Morgan fingerprint density at radius 1 is 1.10 bits per heavy atom. The van der Waals surface area contributed by atoms with Crippen molar-refractivity contribution in [3.8, 4) is 17.0 Å². The number of aromatic amines is 1. The molecule has 5 nitrogen and oxygen atoms in total. The predicted molar refractivity (Wildman–Crippen MR) is 68.7 cm³/mol. The summed E-state index contributed by atoms with van der Waals surface area (Å²) in [6.45, 7) is -1.33. The minimum absolute atomic E-state index is 0.131. The van der Waals surface area contributed by atoms with Gasteiger partial charge < -0.3 is 4.74 Å². The molecule has 3 aromatic rings. The summed E-state index contributed by atoms with van der Waals surface area (Å²) in [6, 6.07) is 9.74. The van der Waals surface area contributed by atoms with Gasteiger partial charge in [0, 0.05) is 5.56 Å². The van der Waals surface area contributed by atoms with E-state index in [2.05, 4.69) is 20.4 Å². The molecule has 8 heteroatoms. The van der Waals surface area contributed by atoms with Crippen LogP contribution in [0.5, 0.6) is 5.75 Å². The van der Waals surface area contributed by atoms with Crippen molar-refractivity contribution in [1.29, 1.82) is 0 Å². The third-order valence-electron chi connectivity index (χ3n) is 2.71. The molecule has 1 N–H and O–H groups in total. The van der Waals surface area contributed by atoms with Gasteiger partial charge in [-0.3, -0.25) is 0 Å². The summed E-state index contributed by atoms with van der Waals surface area (Å²) in [5.74, 6) is 0.131. The largest absolute Gasteiger partial charge is 0.484 e. The number of fused-ring (bicyclic) bond motifs is 1. The molecule has 0 aliphatic heterocycles. The number of nitrogens with zero attached hydrogens (tertiary/aromatic N) is 3. The quantitative estimate of drug-likeness (QED) is 0.806. The second-order valence-electron chi connectivity index (χ2n) is 4.29. The van der Waals surface area contributed by atoms with Crippen LogP contribution in [0.3, 0.4) is 0 Å². The molecular weight excluding hydrogens is 285 g/mol. The number of nitrogens with one attached hydrogen (secondary N) is 1. The number of halogens is 3. The Kier molecular flexibility index (Phi) is 3.20. The molecule has 0 spiro atoms. The number of aromatic nitrogens is 4. The van der Waals surface area contributed by atoms with Gasteiger partial charge in [0.1, 0.15) is 11.3 Å². The van der Waals surface area contributed by atoms with E-state index in [1.165, 1.54) is 12.1 Å². The zero-order chi connectivity index (χ0) is 14.9. The molecule has 2 aromatic heterocycles. The Bertz CT molecular complexity index is 769. The molecule has 108 valence electrons. The average Bonchev–Trinajstić information content (AvgIpc) is 2.92. The predicted octanol–water partition coefficient (Wildman–Crippen LogP) is 2.96. The summed E-state index contributed by atoms with van der Waals surface area (Å²) in [7, 11) is 0. The third-order valence-corrected chi connectivity index (χ3v) is 2.71. The van der Waals surface area contributed by atoms with Gasteiger partial charge in [-0.05, 0) is 24.3 Å². The minimum Gasteiger partial charge on any atom is -0.484 e. The molecule has 0 atom stereocenters. The van der Waals surface area contributed by atoms with Crippen LogP contribution in [0.2, 0.25) is 0 Å². The third kappa shape index (κ3) is 3.10. The molecule has 21 heavy (non-hydrogen) atoms. The van der Waals surface area contributed by atoms with Crippen LogP contribution in [0, 0.1) is 0 Å². The SMILES string of the molecule is FC(F)(F)COc1cccc(-c2ccc3n[nH]nc3n2)c1. The fourth-order valence-corrected chi connectivity index (χ4v) is 1.81. The molecule has 0 saturated carbocycles. The van der Waals surface area contributed by atoms with E-state index in [0.717, 1.165) is 0 Å². The monoisotopic (exact) mass is 294 g/mol. The van der Waals surface area contributed by atoms with Gasteiger partial charge in [-0.2, -0.15) is 23.5 Å². The lowest BCUT2D eigenvalue weighted by molar-refractivity contribution is -0.153. The van der Waals surface area contributed by atoms with Gasteiger partial charge in [0.2, 0.25) is 5.65 Å². The molecule has 0 radical (unpaired) electrons. The van der Waals surface area contributed by atoms with Crippen molar-refractivity contribution in [3.63, 3.8) is 0 Å². The first-order valence-corrected chi connectivity index (χ1v) is 5.99. The van der Waals surface area contributed by atoms with E-state index in [1.54, 1.807) is 24.3 Å². The van der Waals surface area contributed by atoms with Crippen LogP contribution >= 0.6 is 0 Å². The van der Waals surface area contributed by atoms with Crippen molar-refractivity contribution >= 4 is 11.2 Å². The Labute approximate surface area is 116 Å². The lowest BCUT2D eigenvalue weighted by Crippen LogP contribution is -2.19. The van der Waals surface area contributed by atoms with Gasteiger partial charge in [0.05, 0.1) is 5.69 Å². The maximum Gasteiger partial charge on any atom is 0.422 e. The van der Waals surface area contributed by atoms with Gasteiger partial charge in [-0.25, -0.2) is 4.98 Å². The Morgan fingerprint density at radius 3 is 2.76 bits per heavy atom. The molecule has 2 heterocycles. The molecule has 0 unspecified atom stereocenters. The van der Waals surface area contributed by atoms with Crippen molar-refractivity contribution in [2.24, 2.45) is 0 Å². The van der Waals surface area contributed by atoms with Gasteiger partial charge in [-0.1, -0.05) is 12.1 Å². The highest BCUT2D eigenvalue weighted by molar-refractivity contribution is 5.74. The molecule has 0 saturated heterocycles. The Hall–Kier alpha value is -2.64. The van der Waals surface area contributed by atoms with Crippen LogP contribution in [-0.2, 0) is 0 Å². The van der Waals surface area contributed by atoms with E-state index in [1.807, 2.05) is 0 Å². The van der Waals surface area contributed by atoms with Crippen LogP contribution < -0.4 is 4.74 Å². The van der Waals surface area contributed by atoms with E-state index in [4.69, 9.17) is 4.74 Å². The highest BCUT2D eigenvalue weighted by Gasteiger charge is 2.28. The molecule has 0 fully saturated rings. The number of H-pyrrole nitrogens is 1. The maximum absolute atomic E-state index is 12.1. The number of hydrogen-bond acceptors (Lipinski definition) is 4. The van der Waals surface area contributed by atoms with Gasteiger partial charge in [0.15, 0.2) is 6.61 Å². The van der Waals surface area contributed by atoms with E-state index in [9.17, 15) is 13.2 Å². The molecule has 1 aromatic carbocycles. The van der Waals surface area contributed by atoms with Crippen molar-refractivity contribution in [2.45, 2.75) is 6.18 Å². The number of pyridine rings is 1. The summed E-state index contributed by atoms with van der Waals surface area (Å²) in [5, 5.41) is 10.2. The lowest BCUT2D eigenvalue weighted by atomic mass is 10.1. The Morgan fingerprint density at radius 2 is 1.95 bits per heavy atom. The molecule has 0 amide bonds.